The van der Waals surface area contributed by atoms with Crippen molar-refractivity contribution < 1.29 is 18.7 Å². The summed E-state index contributed by atoms with van der Waals surface area (Å²) in [6.07, 6.45) is -2.14. The second-order valence-electron chi connectivity index (χ2n) is 2.76. The van der Waals surface area contributed by atoms with Crippen molar-refractivity contribution in [1.29, 1.82) is 5.26 Å². The largest absolute Gasteiger partial charge is 0.478 e. The van der Waals surface area contributed by atoms with Crippen LogP contribution >= 0.6 is 11.6 Å². The quantitative estimate of drug-likeness (QED) is 0.831. The van der Waals surface area contributed by atoms with Gasteiger partial charge >= 0.3 is 5.97 Å². The third kappa shape index (κ3) is 2.09. The van der Waals surface area contributed by atoms with E-state index >= 15 is 0 Å². The molecule has 0 fully saturated rings. The lowest BCUT2D eigenvalue weighted by molar-refractivity contribution is 0.0695. The van der Waals surface area contributed by atoms with Crippen molar-refractivity contribution in [3.05, 3.63) is 28.6 Å². The summed E-state index contributed by atoms with van der Waals surface area (Å²) >= 11 is 5.42. The predicted octanol–water partition coefficient (Wildman–Crippen LogP) is 2.33. The molecule has 7 heteroatoms. The van der Waals surface area contributed by atoms with Crippen LogP contribution in [0.3, 0.4) is 0 Å². The normalized spacial score (nSPS) is 10.2. The Hall–Kier alpha value is -1.74. The second-order valence-corrected chi connectivity index (χ2v) is 3.03. The zero-order valence-electron chi connectivity index (χ0n) is 7.75. The van der Waals surface area contributed by atoms with Crippen molar-refractivity contribution in [2.45, 2.75) is 12.3 Å². The maximum Gasteiger partial charge on any atom is 0.337 e. The number of nitrogens with zero attached hydrogens (tertiary/aromatic N) is 2. The molecule has 1 aromatic rings. The van der Waals surface area contributed by atoms with E-state index in [0.717, 1.165) is 6.20 Å². The van der Waals surface area contributed by atoms with E-state index in [0.29, 0.717) is 0 Å². The molecule has 4 nitrogen and oxygen atoms in total. The number of aromatic carboxylic acids is 1. The molecule has 16 heavy (non-hydrogen) atoms. The van der Waals surface area contributed by atoms with E-state index < -0.39 is 35.1 Å². The Morgan fingerprint density at radius 2 is 2.31 bits per heavy atom. The molecular formula is C9H5ClF2N2O2. The van der Waals surface area contributed by atoms with Crippen LogP contribution in [0.15, 0.2) is 6.20 Å². The molecule has 0 aliphatic carbocycles. The molecule has 1 rings (SSSR count). The highest BCUT2D eigenvalue weighted by Crippen LogP contribution is 2.28. The van der Waals surface area contributed by atoms with Crippen LogP contribution in [-0.4, -0.2) is 16.1 Å². The first-order valence-corrected chi connectivity index (χ1v) is 4.55. The zero-order chi connectivity index (χ0) is 12.3. The van der Waals surface area contributed by atoms with Crippen LogP contribution in [-0.2, 0) is 5.88 Å². The summed E-state index contributed by atoms with van der Waals surface area (Å²) in [7, 11) is 0. The van der Waals surface area contributed by atoms with Gasteiger partial charge in [-0.2, -0.15) is 5.26 Å². The van der Waals surface area contributed by atoms with Gasteiger partial charge in [0, 0.05) is 12.1 Å². The van der Waals surface area contributed by atoms with Gasteiger partial charge < -0.3 is 5.11 Å². The van der Waals surface area contributed by atoms with Crippen LogP contribution in [0.4, 0.5) is 8.78 Å². The highest BCUT2D eigenvalue weighted by Gasteiger charge is 2.24. The first-order valence-electron chi connectivity index (χ1n) is 4.02. The number of rotatable bonds is 3. The fourth-order valence-electron chi connectivity index (χ4n) is 1.22. The maximum absolute atomic E-state index is 12.7. The van der Waals surface area contributed by atoms with E-state index in [9.17, 15) is 13.6 Å². The van der Waals surface area contributed by atoms with Crippen LogP contribution in [0.2, 0.25) is 0 Å². The van der Waals surface area contributed by atoms with E-state index in [1.165, 1.54) is 6.07 Å². The molecule has 0 unspecified atom stereocenters. The molecule has 0 saturated carbocycles. The summed E-state index contributed by atoms with van der Waals surface area (Å²) in [6.45, 7) is 0. The topological polar surface area (TPSA) is 74.0 Å². The van der Waals surface area contributed by atoms with Crippen LogP contribution in [0.1, 0.15) is 33.6 Å². The molecule has 84 valence electrons. The summed E-state index contributed by atoms with van der Waals surface area (Å²) in [5.74, 6) is -1.83. The summed E-state index contributed by atoms with van der Waals surface area (Å²) in [6, 6.07) is 1.48. The smallest absolute Gasteiger partial charge is 0.337 e. The summed E-state index contributed by atoms with van der Waals surface area (Å²) < 4.78 is 25.3. The predicted molar refractivity (Wildman–Crippen MR) is 50.4 cm³/mol. The van der Waals surface area contributed by atoms with Gasteiger partial charge in [0.15, 0.2) is 0 Å². The lowest BCUT2D eigenvalue weighted by atomic mass is 10.0. The van der Waals surface area contributed by atoms with Crippen LogP contribution in [0.5, 0.6) is 0 Å². The summed E-state index contributed by atoms with van der Waals surface area (Å²) in [4.78, 5) is 14.1. The summed E-state index contributed by atoms with van der Waals surface area (Å²) in [5.41, 5.74) is -1.90. The Morgan fingerprint density at radius 3 is 2.69 bits per heavy atom. The molecule has 0 spiro atoms. The molecule has 0 aliphatic heterocycles. The number of halogens is 3. The Kier molecular flexibility index (Phi) is 3.74. The molecule has 0 atom stereocenters. The lowest BCUT2D eigenvalue weighted by Gasteiger charge is -2.10. The fourth-order valence-corrected chi connectivity index (χ4v) is 1.50. The minimum absolute atomic E-state index is 0.268. The number of carboxylic acid groups (broad SMARTS) is 1. The fraction of sp³-hybridized carbons (Fsp3) is 0.222. The van der Waals surface area contributed by atoms with E-state index in [1.54, 1.807) is 0 Å². The molecule has 1 heterocycles. The number of aromatic nitrogens is 1. The molecule has 0 bridgehead atoms. The van der Waals surface area contributed by atoms with Crippen molar-refractivity contribution in [3.8, 4) is 6.07 Å². The van der Waals surface area contributed by atoms with Crippen molar-refractivity contribution in [2.75, 3.05) is 0 Å². The van der Waals surface area contributed by atoms with Gasteiger partial charge in [-0.1, -0.05) is 0 Å². The first kappa shape index (κ1) is 12.3. The average Bonchev–Trinajstić information content (AvgIpc) is 2.26. The number of nitriles is 1. The van der Waals surface area contributed by atoms with Crippen molar-refractivity contribution in [3.63, 3.8) is 0 Å². The molecular weight excluding hydrogens is 242 g/mol. The highest BCUT2D eigenvalue weighted by molar-refractivity contribution is 6.17. The monoisotopic (exact) mass is 246 g/mol. The molecule has 1 N–H and O–H groups in total. The number of alkyl halides is 3. The highest BCUT2D eigenvalue weighted by atomic mass is 35.5. The Balaban J connectivity index is 3.57. The first-order chi connectivity index (χ1) is 7.52. The van der Waals surface area contributed by atoms with Gasteiger partial charge in [-0.3, -0.25) is 0 Å². The molecule has 0 saturated heterocycles. The molecule has 0 amide bonds. The lowest BCUT2D eigenvalue weighted by Crippen LogP contribution is -2.09. The van der Waals surface area contributed by atoms with Gasteiger partial charge in [-0.25, -0.2) is 18.6 Å². The van der Waals surface area contributed by atoms with Crippen molar-refractivity contribution >= 4 is 17.6 Å². The van der Waals surface area contributed by atoms with Gasteiger partial charge in [0.25, 0.3) is 6.43 Å². The molecule has 1 aromatic heterocycles. The number of hydrogen-bond donors (Lipinski definition) is 1. The van der Waals surface area contributed by atoms with Crippen molar-refractivity contribution in [1.82, 2.24) is 4.98 Å². The molecule has 0 aromatic carbocycles. The standard InChI is InChI=1S/C9H5ClF2N2O2/c10-1-4-5(9(15)16)3-14-6(2-13)7(4)8(11)12/h3,8H,1H2,(H,15,16). The summed E-state index contributed by atoms with van der Waals surface area (Å²) in [5, 5.41) is 17.3. The zero-order valence-corrected chi connectivity index (χ0v) is 8.50. The van der Waals surface area contributed by atoms with Gasteiger partial charge in [-0.05, 0) is 5.56 Å². The number of carbonyl (C=O) groups is 1. The molecule has 0 radical (unpaired) electrons. The maximum atomic E-state index is 12.7. The molecule has 0 aliphatic rings. The van der Waals surface area contributed by atoms with E-state index in [2.05, 4.69) is 4.98 Å². The number of hydrogen-bond acceptors (Lipinski definition) is 3. The third-order valence-electron chi connectivity index (χ3n) is 1.92. The number of pyridine rings is 1. The SMILES string of the molecule is N#Cc1ncc(C(=O)O)c(CCl)c1C(F)F. The van der Waals surface area contributed by atoms with Crippen molar-refractivity contribution in [2.24, 2.45) is 0 Å². The number of carboxylic acids is 1. The van der Waals surface area contributed by atoms with E-state index in [1.807, 2.05) is 0 Å². The Bertz CT molecular complexity index is 471. The second kappa shape index (κ2) is 4.86. The van der Waals surface area contributed by atoms with Crippen LogP contribution in [0.25, 0.3) is 0 Å². The third-order valence-corrected chi connectivity index (χ3v) is 2.18. The Morgan fingerprint density at radius 1 is 1.69 bits per heavy atom. The van der Waals surface area contributed by atoms with Crippen LogP contribution in [0, 0.1) is 11.3 Å². The van der Waals surface area contributed by atoms with Gasteiger partial charge in [0.1, 0.15) is 11.8 Å². The van der Waals surface area contributed by atoms with Gasteiger partial charge in [0.05, 0.1) is 11.1 Å². The minimum atomic E-state index is -2.99. The van der Waals surface area contributed by atoms with Gasteiger partial charge in [0.2, 0.25) is 0 Å². The van der Waals surface area contributed by atoms with E-state index in [4.69, 9.17) is 22.0 Å². The van der Waals surface area contributed by atoms with E-state index in [-0.39, 0.29) is 5.56 Å². The van der Waals surface area contributed by atoms with Crippen LogP contribution < -0.4 is 0 Å². The minimum Gasteiger partial charge on any atom is -0.478 e. The average molecular weight is 247 g/mol. The van der Waals surface area contributed by atoms with Gasteiger partial charge in [-0.15, -0.1) is 11.6 Å². The Labute approximate surface area is 94.1 Å².